The van der Waals surface area contributed by atoms with Crippen molar-refractivity contribution < 1.29 is 18.3 Å². The first-order valence-electron chi connectivity index (χ1n) is 4.85. The molecule has 0 fully saturated rings. The second kappa shape index (κ2) is 5.68. The fourth-order valence-electron chi connectivity index (χ4n) is 1.52. The topological polar surface area (TPSA) is 20.2 Å². The Labute approximate surface area is 100 Å². The summed E-state index contributed by atoms with van der Waals surface area (Å²) in [6.07, 6.45) is -3.64. The predicted molar refractivity (Wildman–Crippen MR) is 59.7 cm³/mol. The predicted octanol–water partition coefficient (Wildman–Crippen LogP) is 3.18. The smallest absolute Gasteiger partial charge is 0.396 e. The minimum absolute atomic E-state index is 0.0327. The first kappa shape index (κ1) is 13.5. The van der Waals surface area contributed by atoms with Gasteiger partial charge in [-0.2, -0.15) is 13.2 Å². The summed E-state index contributed by atoms with van der Waals surface area (Å²) in [5, 5.41) is 9.46. The fraction of sp³-hybridized carbons (Fsp3) is 0.455. The third kappa shape index (κ3) is 3.49. The summed E-state index contributed by atoms with van der Waals surface area (Å²) >= 11 is 3.24. The van der Waals surface area contributed by atoms with Crippen LogP contribution in [0, 0.1) is 0 Å². The van der Waals surface area contributed by atoms with Crippen molar-refractivity contribution in [1.82, 2.24) is 0 Å². The molecule has 1 N–H and O–H groups in total. The molecule has 1 nitrogen and oxygen atoms in total. The van der Waals surface area contributed by atoms with Crippen LogP contribution < -0.4 is 0 Å². The summed E-state index contributed by atoms with van der Waals surface area (Å²) in [5.74, 6) is 0. The van der Waals surface area contributed by atoms with Gasteiger partial charge in [0.05, 0.1) is 5.56 Å². The standard InChI is InChI=1S/C11H12BrF3O/c12-5-3-8-1-2-10(11(13,14)15)9(7-8)4-6-16/h1-2,7,16H,3-6H2. The van der Waals surface area contributed by atoms with Gasteiger partial charge in [0.1, 0.15) is 0 Å². The molecule has 1 aromatic rings. The molecule has 0 saturated heterocycles. The molecular formula is C11H12BrF3O. The quantitative estimate of drug-likeness (QED) is 0.846. The van der Waals surface area contributed by atoms with Gasteiger partial charge in [0.2, 0.25) is 0 Å². The number of benzene rings is 1. The molecule has 0 bridgehead atoms. The Bertz CT molecular complexity index is 350. The van der Waals surface area contributed by atoms with Crippen LogP contribution in [0.25, 0.3) is 0 Å². The Morgan fingerprint density at radius 3 is 2.38 bits per heavy atom. The van der Waals surface area contributed by atoms with Crippen LogP contribution >= 0.6 is 15.9 Å². The second-order valence-corrected chi connectivity index (χ2v) is 4.19. The Morgan fingerprint density at radius 1 is 1.19 bits per heavy atom. The van der Waals surface area contributed by atoms with Crippen molar-refractivity contribution in [2.24, 2.45) is 0 Å². The normalized spacial score (nSPS) is 11.8. The molecule has 0 aliphatic rings. The highest BCUT2D eigenvalue weighted by Crippen LogP contribution is 2.32. The molecule has 1 aromatic carbocycles. The molecule has 90 valence electrons. The molecule has 0 radical (unpaired) electrons. The Kier molecular flexibility index (Phi) is 4.80. The van der Waals surface area contributed by atoms with Crippen molar-refractivity contribution in [1.29, 1.82) is 0 Å². The van der Waals surface area contributed by atoms with Crippen LogP contribution in [0.1, 0.15) is 16.7 Å². The number of alkyl halides is 4. The zero-order valence-corrected chi connectivity index (χ0v) is 10.1. The summed E-state index contributed by atoms with van der Waals surface area (Å²) in [6.45, 7) is -0.277. The van der Waals surface area contributed by atoms with E-state index in [2.05, 4.69) is 15.9 Å². The molecule has 0 unspecified atom stereocenters. The van der Waals surface area contributed by atoms with E-state index in [0.29, 0.717) is 11.8 Å². The highest BCUT2D eigenvalue weighted by atomic mass is 79.9. The summed E-state index contributed by atoms with van der Waals surface area (Å²) in [6, 6.07) is 4.08. The van der Waals surface area contributed by atoms with Crippen molar-refractivity contribution >= 4 is 15.9 Å². The molecule has 16 heavy (non-hydrogen) atoms. The number of rotatable bonds is 4. The maximum atomic E-state index is 12.6. The maximum Gasteiger partial charge on any atom is 0.416 e. The third-order valence-corrected chi connectivity index (χ3v) is 2.64. The minimum atomic E-state index is -4.35. The van der Waals surface area contributed by atoms with Crippen LogP contribution in [0.2, 0.25) is 0 Å². The molecule has 1 rings (SSSR count). The number of halogens is 4. The third-order valence-electron chi connectivity index (χ3n) is 2.24. The van der Waals surface area contributed by atoms with Crippen molar-refractivity contribution in [3.63, 3.8) is 0 Å². The lowest BCUT2D eigenvalue weighted by atomic mass is 10.00. The van der Waals surface area contributed by atoms with Gasteiger partial charge in [0.15, 0.2) is 0 Å². The number of aliphatic hydroxyl groups is 1. The van der Waals surface area contributed by atoms with E-state index >= 15 is 0 Å². The molecule has 5 heteroatoms. The molecule has 0 amide bonds. The van der Waals surface area contributed by atoms with E-state index in [0.717, 1.165) is 11.6 Å². The van der Waals surface area contributed by atoms with Gasteiger partial charge >= 0.3 is 6.18 Å². The monoisotopic (exact) mass is 296 g/mol. The van der Waals surface area contributed by atoms with Gasteiger partial charge in [-0.25, -0.2) is 0 Å². The largest absolute Gasteiger partial charge is 0.416 e. The second-order valence-electron chi connectivity index (χ2n) is 3.40. The summed E-state index contributed by atoms with van der Waals surface area (Å²) in [4.78, 5) is 0. The zero-order valence-electron chi connectivity index (χ0n) is 8.52. The molecule has 0 atom stereocenters. The van der Waals surface area contributed by atoms with E-state index in [4.69, 9.17) is 5.11 Å². The number of hydrogen-bond acceptors (Lipinski definition) is 1. The van der Waals surface area contributed by atoms with Gasteiger partial charge in [-0.05, 0) is 30.0 Å². The molecular weight excluding hydrogens is 285 g/mol. The van der Waals surface area contributed by atoms with E-state index in [1.165, 1.54) is 12.1 Å². The molecule has 0 aliphatic carbocycles. The van der Waals surface area contributed by atoms with Crippen molar-refractivity contribution in [2.45, 2.75) is 19.0 Å². The van der Waals surface area contributed by atoms with Gasteiger partial charge in [0.25, 0.3) is 0 Å². The SMILES string of the molecule is OCCc1cc(CCBr)ccc1C(F)(F)F. The van der Waals surface area contributed by atoms with E-state index in [1.807, 2.05) is 0 Å². The van der Waals surface area contributed by atoms with E-state index < -0.39 is 11.7 Å². The van der Waals surface area contributed by atoms with Crippen molar-refractivity contribution in [2.75, 3.05) is 11.9 Å². The average Bonchev–Trinajstić information content (AvgIpc) is 2.17. The van der Waals surface area contributed by atoms with Crippen LogP contribution in [-0.4, -0.2) is 17.0 Å². The van der Waals surface area contributed by atoms with Crippen molar-refractivity contribution in [3.8, 4) is 0 Å². The molecule has 0 saturated carbocycles. The Hall–Kier alpha value is -0.550. The lowest BCUT2D eigenvalue weighted by molar-refractivity contribution is -0.138. The van der Waals surface area contributed by atoms with Crippen LogP contribution in [0.3, 0.4) is 0 Å². The number of aliphatic hydroxyl groups excluding tert-OH is 1. The van der Waals surface area contributed by atoms with Gasteiger partial charge < -0.3 is 5.11 Å². The lowest BCUT2D eigenvalue weighted by Gasteiger charge is -2.13. The number of hydrogen-bond donors (Lipinski definition) is 1. The van der Waals surface area contributed by atoms with Crippen LogP contribution in [0.15, 0.2) is 18.2 Å². The lowest BCUT2D eigenvalue weighted by Crippen LogP contribution is -2.10. The highest BCUT2D eigenvalue weighted by molar-refractivity contribution is 9.09. The fourth-order valence-corrected chi connectivity index (χ4v) is 1.97. The number of aryl methyl sites for hydroxylation is 1. The first-order valence-corrected chi connectivity index (χ1v) is 5.97. The maximum absolute atomic E-state index is 12.6. The minimum Gasteiger partial charge on any atom is -0.396 e. The molecule has 0 aromatic heterocycles. The van der Waals surface area contributed by atoms with E-state index in [-0.39, 0.29) is 18.6 Å². The highest BCUT2D eigenvalue weighted by Gasteiger charge is 2.32. The van der Waals surface area contributed by atoms with Crippen LogP contribution in [-0.2, 0) is 19.0 Å². The molecule has 0 heterocycles. The summed E-state index contributed by atoms with van der Waals surface area (Å²) in [7, 11) is 0. The Morgan fingerprint density at radius 2 is 1.88 bits per heavy atom. The van der Waals surface area contributed by atoms with E-state index in [9.17, 15) is 13.2 Å². The van der Waals surface area contributed by atoms with Gasteiger partial charge in [-0.15, -0.1) is 0 Å². The molecule has 0 aliphatic heterocycles. The van der Waals surface area contributed by atoms with Gasteiger partial charge in [-0.3, -0.25) is 0 Å². The molecule has 0 spiro atoms. The van der Waals surface area contributed by atoms with E-state index in [1.54, 1.807) is 0 Å². The summed E-state index contributed by atoms with van der Waals surface area (Å²) < 4.78 is 37.8. The zero-order chi connectivity index (χ0) is 12.2. The van der Waals surface area contributed by atoms with Crippen LogP contribution in [0.4, 0.5) is 13.2 Å². The average molecular weight is 297 g/mol. The van der Waals surface area contributed by atoms with Crippen LogP contribution in [0.5, 0.6) is 0 Å². The van der Waals surface area contributed by atoms with Gasteiger partial charge in [0, 0.05) is 11.9 Å². The van der Waals surface area contributed by atoms with Gasteiger partial charge in [-0.1, -0.05) is 28.1 Å². The summed E-state index contributed by atoms with van der Waals surface area (Å²) in [5.41, 5.74) is 0.349. The first-order chi connectivity index (χ1) is 7.49. The van der Waals surface area contributed by atoms with Crippen molar-refractivity contribution in [3.05, 3.63) is 34.9 Å². The Balaban J connectivity index is 3.09.